The number of amides is 1. The normalized spacial score (nSPS) is 10.7. The number of pyridine rings is 1. The van der Waals surface area contributed by atoms with Crippen LogP contribution in [0.2, 0.25) is 0 Å². The van der Waals surface area contributed by atoms with E-state index >= 15 is 0 Å². The fraction of sp³-hybridized carbons (Fsp3) is 0.263. The quantitative estimate of drug-likeness (QED) is 0.717. The molecule has 0 radical (unpaired) electrons. The molecule has 1 heterocycles. The summed E-state index contributed by atoms with van der Waals surface area (Å²) >= 11 is 0. The van der Waals surface area contributed by atoms with Crippen LogP contribution in [0.25, 0.3) is 0 Å². The second-order valence-electron chi connectivity index (χ2n) is 6.48. The molecule has 0 saturated carbocycles. The number of hydrogen-bond acceptors (Lipinski definition) is 3. The summed E-state index contributed by atoms with van der Waals surface area (Å²) in [5.41, 5.74) is -0.545. The van der Waals surface area contributed by atoms with Crippen LogP contribution in [0.5, 0.6) is 5.88 Å². The lowest BCUT2D eigenvalue weighted by Gasteiger charge is -2.30. The first-order valence-corrected chi connectivity index (χ1v) is 7.66. The number of nitrogens with zero attached hydrogens (tertiary/aromatic N) is 2. The molecule has 0 aliphatic carbocycles. The van der Waals surface area contributed by atoms with Crippen LogP contribution in [0.15, 0.2) is 30.5 Å². The van der Waals surface area contributed by atoms with Gasteiger partial charge in [0.05, 0.1) is 5.56 Å². The molecule has 7 heteroatoms. The minimum Gasteiger partial charge on any atom is -0.388 e. The van der Waals surface area contributed by atoms with Crippen molar-refractivity contribution in [3.05, 3.63) is 59.0 Å². The molecule has 1 aromatic carbocycles. The molecule has 1 aromatic heterocycles. The standard InChI is InChI=1S/C19H17F3N2O2/c1-19(2,3)24(4)18(25)26-17-16(22)9-12(11-23-17)5-6-13-10-14(20)7-8-15(13)21/h7-11H,1-4H3. The van der Waals surface area contributed by atoms with Crippen LogP contribution in [0, 0.1) is 29.3 Å². The molecule has 0 aliphatic heterocycles. The average Bonchev–Trinajstić information content (AvgIpc) is 2.56. The molecule has 0 unspecified atom stereocenters. The Morgan fingerprint density at radius 3 is 2.42 bits per heavy atom. The summed E-state index contributed by atoms with van der Waals surface area (Å²) in [7, 11) is 1.52. The predicted octanol–water partition coefficient (Wildman–Crippen LogP) is 4.13. The van der Waals surface area contributed by atoms with Gasteiger partial charge in [0.25, 0.3) is 5.88 Å². The predicted molar refractivity (Wildman–Crippen MR) is 90.1 cm³/mol. The zero-order valence-electron chi connectivity index (χ0n) is 14.7. The third kappa shape index (κ3) is 4.76. The molecule has 0 fully saturated rings. The minimum atomic E-state index is -0.896. The van der Waals surface area contributed by atoms with Gasteiger partial charge in [-0.1, -0.05) is 11.8 Å². The first-order chi connectivity index (χ1) is 12.1. The highest BCUT2D eigenvalue weighted by Crippen LogP contribution is 2.18. The third-order valence-corrected chi connectivity index (χ3v) is 3.54. The van der Waals surface area contributed by atoms with Gasteiger partial charge in [-0.25, -0.2) is 22.9 Å². The van der Waals surface area contributed by atoms with Crippen molar-refractivity contribution in [2.24, 2.45) is 0 Å². The highest BCUT2D eigenvalue weighted by atomic mass is 19.1. The van der Waals surface area contributed by atoms with E-state index in [4.69, 9.17) is 4.74 Å². The van der Waals surface area contributed by atoms with E-state index < -0.39 is 35.0 Å². The highest BCUT2D eigenvalue weighted by molar-refractivity contribution is 5.70. The Balaban J connectivity index is 2.19. The second kappa shape index (κ2) is 7.48. The molecule has 0 N–H and O–H groups in total. The number of hydrogen-bond donors (Lipinski definition) is 0. The molecule has 4 nitrogen and oxygen atoms in total. The summed E-state index contributed by atoms with van der Waals surface area (Å²) in [5, 5.41) is 0. The Morgan fingerprint density at radius 2 is 1.81 bits per heavy atom. The van der Waals surface area contributed by atoms with Gasteiger partial charge in [-0.05, 0) is 45.0 Å². The number of halogens is 3. The summed E-state index contributed by atoms with van der Waals surface area (Å²) in [5.74, 6) is 2.18. The average molecular weight is 362 g/mol. The van der Waals surface area contributed by atoms with E-state index in [9.17, 15) is 18.0 Å². The monoisotopic (exact) mass is 362 g/mol. The van der Waals surface area contributed by atoms with Crippen molar-refractivity contribution in [3.63, 3.8) is 0 Å². The molecule has 1 amide bonds. The zero-order chi connectivity index (χ0) is 19.5. The van der Waals surface area contributed by atoms with Crippen molar-refractivity contribution < 1.29 is 22.7 Å². The van der Waals surface area contributed by atoms with Crippen molar-refractivity contribution in [3.8, 4) is 17.7 Å². The van der Waals surface area contributed by atoms with Gasteiger partial charge in [-0.2, -0.15) is 0 Å². The zero-order valence-corrected chi connectivity index (χ0v) is 14.7. The molecule has 0 saturated heterocycles. The van der Waals surface area contributed by atoms with Crippen molar-refractivity contribution in [1.82, 2.24) is 9.88 Å². The first kappa shape index (κ1) is 19.3. The summed E-state index contributed by atoms with van der Waals surface area (Å²) < 4.78 is 45.6. The maximum absolute atomic E-state index is 14.1. The summed E-state index contributed by atoms with van der Waals surface area (Å²) in [6.07, 6.45) is 0.414. The molecular weight excluding hydrogens is 345 g/mol. The summed E-state index contributed by atoms with van der Waals surface area (Å²) in [6, 6.07) is 3.85. The molecule has 0 spiro atoms. The molecule has 2 rings (SSSR count). The largest absolute Gasteiger partial charge is 0.416 e. The van der Waals surface area contributed by atoms with Gasteiger partial charge in [-0.3, -0.25) is 0 Å². The summed E-state index contributed by atoms with van der Waals surface area (Å²) in [4.78, 5) is 17.0. The van der Waals surface area contributed by atoms with Gasteiger partial charge in [0.15, 0.2) is 5.82 Å². The molecular formula is C19H17F3N2O2. The lowest BCUT2D eigenvalue weighted by molar-refractivity contribution is 0.121. The van der Waals surface area contributed by atoms with E-state index in [1.54, 1.807) is 20.8 Å². The van der Waals surface area contributed by atoms with Crippen LogP contribution < -0.4 is 4.74 Å². The molecule has 26 heavy (non-hydrogen) atoms. The van der Waals surface area contributed by atoms with Gasteiger partial charge in [0, 0.05) is 24.3 Å². The van der Waals surface area contributed by atoms with Crippen LogP contribution in [0.1, 0.15) is 31.9 Å². The molecule has 0 atom stereocenters. The van der Waals surface area contributed by atoms with E-state index in [1.807, 2.05) is 0 Å². The topological polar surface area (TPSA) is 42.4 Å². The Bertz CT molecular complexity index is 896. The van der Waals surface area contributed by atoms with Crippen LogP contribution in [0.3, 0.4) is 0 Å². The third-order valence-electron chi connectivity index (χ3n) is 3.54. The number of carbonyl (C=O) groups is 1. The van der Waals surface area contributed by atoms with Crippen molar-refractivity contribution in [1.29, 1.82) is 0 Å². The van der Waals surface area contributed by atoms with E-state index in [-0.39, 0.29) is 11.1 Å². The Labute approximate surface area is 149 Å². The molecule has 0 aliphatic rings. The Hall–Kier alpha value is -3.01. The van der Waals surface area contributed by atoms with Gasteiger partial charge in [0.2, 0.25) is 0 Å². The van der Waals surface area contributed by atoms with Crippen molar-refractivity contribution in [2.45, 2.75) is 26.3 Å². The second-order valence-corrected chi connectivity index (χ2v) is 6.48. The van der Waals surface area contributed by atoms with E-state index in [0.717, 1.165) is 24.3 Å². The van der Waals surface area contributed by atoms with Gasteiger partial charge in [-0.15, -0.1) is 0 Å². The summed E-state index contributed by atoms with van der Waals surface area (Å²) in [6.45, 7) is 5.38. The van der Waals surface area contributed by atoms with Crippen LogP contribution in [0.4, 0.5) is 18.0 Å². The highest BCUT2D eigenvalue weighted by Gasteiger charge is 2.25. The minimum absolute atomic E-state index is 0.120. The molecule has 136 valence electrons. The SMILES string of the molecule is CN(C(=O)Oc1ncc(C#Cc2cc(F)ccc2F)cc1F)C(C)(C)C. The number of benzene rings is 1. The van der Waals surface area contributed by atoms with E-state index in [1.165, 1.54) is 18.1 Å². The van der Waals surface area contributed by atoms with E-state index in [2.05, 4.69) is 16.8 Å². The molecule has 2 aromatic rings. The van der Waals surface area contributed by atoms with E-state index in [0.29, 0.717) is 0 Å². The van der Waals surface area contributed by atoms with Gasteiger partial charge >= 0.3 is 6.09 Å². The van der Waals surface area contributed by atoms with Crippen LogP contribution >= 0.6 is 0 Å². The van der Waals surface area contributed by atoms with Crippen molar-refractivity contribution >= 4 is 6.09 Å². The van der Waals surface area contributed by atoms with Crippen LogP contribution in [-0.4, -0.2) is 28.6 Å². The van der Waals surface area contributed by atoms with Crippen LogP contribution in [-0.2, 0) is 0 Å². The lowest BCUT2D eigenvalue weighted by Crippen LogP contribution is -2.44. The number of ether oxygens (including phenoxy) is 1. The fourth-order valence-corrected chi connectivity index (χ4v) is 1.73. The first-order valence-electron chi connectivity index (χ1n) is 7.66. The maximum atomic E-state index is 14.1. The smallest absolute Gasteiger partial charge is 0.388 e. The lowest BCUT2D eigenvalue weighted by atomic mass is 10.1. The Kier molecular flexibility index (Phi) is 5.56. The number of aromatic nitrogens is 1. The number of rotatable bonds is 1. The number of carbonyl (C=O) groups excluding carboxylic acids is 1. The van der Waals surface area contributed by atoms with Gasteiger partial charge in [0.1, 0.15) is 11.6 Å². The maximum Gasteiger partial charge on any atom is 0.416 e. The van der Waals surface area contributed by atoms with Gasteiger partial charge < -0.3 is 9.64 Å². The Morgan fingerprint density at radius 1 is 1.12 bits per heavy atom. The molecule has 0 bridgehead atoms. The van der Waals surface area contributed by atoms with Crippen molar-refractivity contribution in [2.75, 3.05) is 7.05 Å². The fourth-order valence-electron chi connectivity index (χ4n) is 1.73.